The number of rotatable bonds is 7. The fraction of sp³-hybridized carbons (Fsp3) is 0.615. The van der Waals surface area contributed by atoms with Crippen molar-refractivity contribution in [1.82, 2.24) is 15.3 Å². The highest BCUT2D eigenvalue weighted by atomic mass is 16.1. The van der Waals surface area contributed by atoms with Crippen molar-refractivity contribution in [3.8, 4) is 0 Å². The van der Waals surface area contributed by atoms with E-state index in [0.29, 0.717) is 24.1 Å². The molecule has 2 N–H and O–H groups in total. The number of aromatic nitrogens is 2. The maximum Gasteiger partial charge on any atom is 0.270 e. The summed E-state index contributed by atoms with van der Waals surface area (Å²) in [5, 5.41) is 6.06. The van der Waals surface area contributed by atoms with Crippen molar-refractivity contribution in [1.29, 1.82) is 0 Å². The van der Waals surface area contributed by atoms with Crippen molar-refractivity contribution >= 4 is 11.7 Å². The van der Waals surface area contributed by atoms with Crippen molar-refractivity contribution in [3.63, 3.8) is 0 Å². The van der Waals surface area contributed by atoms with E-state index < -0.39 is 0 Å². The molecule has 18 heavy (non-hydrogen) atoms. The highest BCUT2D eigenvalue weighted by molar-refractivity contribution is 5.92. The van der Waals surface area contributed by atoms with E-state index in [4.69, 9.17) is 0 Å². The molecule has 0 saturated heterocycles. The van der Waals surface area contributed by atoms with Crippen LogP contribution in [0.4, 0.5) is 5.82 Å². The van der Waals surface area contributed by atoms with Gasteiger partial charge in [-0.15, -0.1) is 0 Å². The Morgan fingerprint density at radius 1 is 1.39 bits per heavy atom. The first-order valence-corrected chi connectivity index (χ1v) is 6.54. The van der Waals surface area contributed by atoms with E-state index in [1.54, 1.807) is 6.07 Å². The second-order valence-corrected chi connectivity index (χ2v) is 4.35. The third-order valence-corrected chi connectivity index (χ3v) is 2.72. The molecule has 5 heteroatoms. The van der Waals surface area contributed by atoms with Gasteiger partial charge in [-0.05, 0) is 19.8 Å². The van der Waals surface area contributed by atoms with Gasteiger partial charge in [-0.3, -0.25) is 4.79 Å². The van der Waals surface area contributed by atoms with Gasteiger partial charge in [-0.2, -0.15) is 0 Å². The van der Waals surface area contributed by atoms with Crippen molar-refractivity contribution in [2.45, 2.75) is 46.1 Å². The molecule has 1 heterocycles. The van der Waals surface area contributed by atoms with Crippen molar-refractivity contribution in [3.05, 3.63) is 18.1 Å². The standard InChI is InChI=1S/C13H22N4O/c1-4-6-7-14-13(18)11-8-12(16-9-15-11)17-10(3)5-2/h8-10H,4-7H2,1-3H3,(H,14,18)(H,15,16,17). The molecule has 0 spiro atoms. The van der Waals surface area contributed by atoms with Crippen LogP contribution < -0.4 is 10.6 Å². The molecule has 1 atom stereocenters. The minimum absolute atomic E-state index is 0.141. The van der Waals surface area contributed by atoms with Gasteiger partial charge in [0.1, 0.15) is 17.8 Å². The summed E-state index contributed by atoms with van der Waals surface area (Å²) in [5.74, 6) is 0.554. The normalized spacial score (nSPS) is 11.9. The van der Waals surface area contributed by atoms with Crippen LogP contribution in [-0.4, -0.2) is 28.5 Å². The molecule has 5 nitrogen and oxygen atoms in total. The number of carbonyl (C=O) groups excluding carboxylic acids is 1. The maximum absolute atomic E-state index is 11.8. The molecule has 1 amide bonds. The van der Waals surface area contributed by atoms with Gasteiger partial charge in [0, 0.05) is 18.7 Å². The van der Waals surface area contributed by atoms with E-state index in [2.05, 4.69) is 41.4 Å². The first-order valence-electron chi connectivity index (χ1n) is 6.54. The molecule has 0 fully saturated rings. The van der Waals surface area contributed by atoms with Crippen molar-refractivity contribution in [2.75, 3.05) is 11.9 Å². The number of amides is 1. The third-order valence-electron chi connectivity index (χ3n) is 2.72. The van der Waals surface area contributed by atoms with Crippen LogP contribution in [0.15, 0.2) is 12.4 Å². The fourth-order valence-corrected chi connectivity index (χ4v) is 1.38. The number of anilines is 1. The van der Waals surface area contributed by atoms with E-state index in [0.717, 1.165) is 19.3 Å². The predicted molar refractivity (Wildman–Crippen MR) is 72.6 cm³/mol. The van der Waals surface area contributed by atoms with Crippen LogP contribution in [0, 0.1) is 0 Å². The Bertz CT molecular complexity index is 381. The molecular formula is C13H22N4O. The lowest BCUT2D eigenvalue weighted by atomic mass is 10.2. The Hall–Kier alpha value is -1.65. The lowest BCUT2D eigenvalue weighted by Crippen LogP contribution is -2.25. The molecular weight excluding hydrogens is 228 g/mol. The Morgan fingerprint density at radius 2 is 2.17 bits per heavy atom. The van der Waals surface area contributed by atoms with Gasteiger partial charge in [-0.25, -0.2) is 9.97 Å². The number of carbonyl (C=O) groups is 1. The van der Waals surface area contributed by atoms with Crippen molar-refractivity contribution in [2.24, 2.45) is 0 Å². The Balaban J connectivity index is 2.60. The molecule has 0 radical (unpaired) electrons. The summed E-state index contributed by atoms with van der Waals surface area (Å²) < 4.78 is 0. The summed E-state index contributed by atoms with van der Waals surface area (Å²) in [6.07, 6.45) is 4.46. The predicted octanol–water partition coefficient (Wildman–Crippen LogP) is 2.22. The van der Waals surface area contributed by atoms with Gasteiger partial charge in [0.15, 0.2) is 0 Å². The smallest absolute Gasteiger partial charge is 0.270 e. The summed E-state index contributed by atoms with van der Waals surface area (Å²) in [6.45, 7) is 6.94. The second kappa shape index (κ2) is 7.63. The Kier molecular flexibility index (Phi) is 6.11. The summed E-state index contributed by atoms with van der Waals surface area (Å²) in [4.78, 5) is 19.9. The highest BCUT2D eigenvalue weighted by Crippen LogP contribution is 2.07. The fourth-order valence-electron chi connectivity index (χ4n) is 1.38. The number of unbranched alkanes of at least 4 members (excludes halogenated alkanes) is 1. The van der Waals surface area contributed by atoms with E-state index in [1.165, 1.54) is 6.33 Å². The molecule has 1 rings (SSSR count). The Morgan fingerprint density at radius 3 is 2.83 bits per heavy atom. The zero-order valence-electron chi connectivity index (χ0n) is 11.4. The SMILES string of the molecule is CCCCNC(=O)c1cc(NC(C)CC)ncn1. The van der Waals surface area contributed by atoms with Gasteiger partial charge in [-0.1, -0.05) is 20.3 Å². The number of hydrogen-bond acceptors (Lipinski definition) is 4. The lowest BCUT2D eigenvalue weighted by molar-refractivity contribution is 0.0948. The largest absolute Gasteiger partial charge is 0.368 e. The summed E-state index contributed by atoms with van der Waals surface area (Å²) in [6, 6.07) is 2.02. The average molecular weight is 250 g/mol. The third kappa shape index (κ3) is 4.69. The second-order valence-electron chi connectivity index (χ2n) is 4.35. The van der Waals surface area contributed by atoms with E-state index in [-0.39, 0.29) is 5.91 Å². The Labute approximate surface area is 108 Å². The molecule has 1 unspecified atom stereocenters. The van der Waals surface area contributed by atoms with E-state index in [9.17, 15) is 4.79 Å². The van der Waals surface area contributed by atoms with E-state index >= 15 is 0 Å². The number of nitrogens with one attached hydrogen (secondary N) is 2. The highest BCUT2D eigenvalue weighted by Gasteiger charge is 2.08. The van der Waals surface area contributed by atoms with Gasteiger partial charge in [0.2, 0.25) is 0 Å². The molecule has 0 aliphatic rings. The summed E-state index contributed by atoms with van der Waals surface area (Å²) in [5.41, 5.74) is 0.409. The summed E-state index contributed by atoms with van der Waals surface area (Å²) >= 11 is 0. The molecule has 0 aliphatic carbocycles. The molecule has 100 valence electrons. The van der Waals surface area contributed by atoms with Crippen LogP contribution in [0.5, 0.6) is 0 Å². The molecule has 0 saturated carbocycles. The molecule has 1 aromatic rings. The van der Waals surface area contributed by atoms with Crippen LogP contribution in [0.1, 0.15) is 50.5 Å². The lowest BCUT2D eigenvalue weighted by Gasteiger charge is -2.12. The quantitative estimate of drug-likeness (QED) is 0.728. The molecule has 1 aromatic heterocycles. The van der Waals surface area contributed by atoms with E-state index in [1.807, 2.05) is 0 Å². The minimum atomic E-state index is -0.141. The monoisotopic (exact) mass is 250 g/mol. The first-order chi connectivity index (χ1) is 8.67. The topological polar surface area (TPSA) is 66.9 Å². The number of nitrogens with zero attached hydrogens (tertiary/aromatic N) is 2. The van der Waals surface area contributed by atoms with Gasteiger partial charge >= 0.3 is 0 Å². The maximum atomic E-state index is 11.8. The average Bonchev–Trinajstić information content (AvgIpc) is 2.39. The minimum Gasteiger partial charge on any atom is -0.368 e. The van der Waals surface area contributed by atoms with Crippen LogP contribution in [-0.2, 0) is 0 Å². The van der Waals surface area contributed by atoms with Gasteiger partial charge in [0.25, 0.3) is 5.91 Å². The van der Waals surface area contributed by atoms with Gasteiger partial charge < -0.3 is 10.6 Å². The molecule has 0 bridgehead atoms. The van der Waals surface area contributed by atoms with Crippen LogP contribution >= 0.6 is 0 Å². The molecule has 0 aromatic carbocycles. The van der Waals surface area contributed by atoms with Crippen LogP contribution in [0.25, 0.3) is 0 Å². The van der Waals surface area contributed by atoms with Gasteiger partial charge in [0.05, 0.1) is 0 Å². The van der Waals surface area contributed by atoms with Crippen LogP contribution in [0.3, 0.4) is 0 Å². The zero-order chi connectivity index (χ0) is 13.4. The first kappa shape index (κ1) is 14.4. The summed E-state index contributed by atoms with van der Waals surface area (Å²) in [7, 11) is 0. The van der Waals surface area contributed by atoms with Crippen LogP contribution in [0.2, 0.25) is 0 Å². The zero-order valence-corrected chi connectivity index (χ0v) is 11.4. The molecule has 0 aliphatic heterocycles. The number of hydrogen-bond donors (Lipinski definition) is 2. The van der Waals surface area contributed by atoms with Crippen molar-refractivity contribution < 1.29 is 4.79 Å².